The van der Waals surface area contributed by atoms with E-state index in [9.17, 15) is 18.7 Å². The Balaban J connectivity index is 1.56. The molecule has 6 rings (SSSR count). The van der Waals surface area contributed by atoms with Gasteiger partial charge < -0.3 is 19.3 Å². The van der Waals surface area contributed by atoms with Gasteiger partial charge in [0.25, 0.3) is 5.91 Å². The van der Waals surface area contributed by atoms with Crippen LogP contribution in [0.15, 0.2) is 36.5 Å². The summed E-state index contributed by atoms with van der Waals surface area (Å²) in [6.45, 7) is 3.92. The van der Waals surface area contributed by atoms with E-state index in [2.05, 4.69) is 26.9 Å². The van der Waals surface area contributed by atoms with Crippen molar-refractivity contribution in [2.45, 2.75) is 50.5 Å². The van der Waals surface area contributed by atoms with Gasteiger partial charge in [-0.05, 0) is 68.4 Å². The molecular formula is C28H30F2N4O3. The number of carbonyl (C=O) groups excluding carboxylic acids is 1. The van der Waals surface area contributed by atoms with Crippen molar-refractivity contribution in [2.75, 3.05) is 26.3 Å². The molecule has 9 heteroatoms. The van der Waals surface area contributed by atoms with Crippen molar-refractivity contribution in [2.24, 2.45) is 0 Å². The van der Waals surface area contributed by atoms with E-state index in [1.165, 1.54) is 24.6 Å². The first kappa shape index (κ1) is 24.1. The van der Waals surface area contributed by atoms with Crippen molar-refractivity contribution < 1.29 is 23.4 Å². The maximum atomic E-state index is 14.5. The van der Waals surface area contributed by atoms with E-state index in [-0.39, 0.29) is 17.7 Å². The highest BCUT2D eigenvalue weighted by Crippen LogP contribution is 2.45. The molecule has 2 fully saturated rings. The molecule has 2 aliphatic rings. The first-order chi connectivity index (χ1) is 17.9. The highest BCUT2D eigenvalue weighted by Gasteiger charge is 2.34. The lowest BCUT2D eigenvalue weighted by atomic mass is 9.82. The number of H-pyrrole nitrogens is 1. The van der Waals surface area contributed by atoms with Crippen LogP contribution in [0, 0.1) is 11.6 Å². The normalized spacial score (nSPS) is 18.6. The molecule has 2 aromatic carbocycles. The number of hydrogen-bond acceptors (Lipinski definition) is 4. The molecule has 0 aliphatic carbocycles. The molecular weight excluding hydrogens is 478 g/mol. The zero-order valence-corrected chi connectivity index (χ0v) is 20.7. The van der Waals surface area contributed by atoms with Crippen molar-refractivity contribution >= 4 is 27.7 Å². The molecule has 4 heterocycles. The van der Waals surface area contributed by atoms with Gasteiger partial charge in [0.05, 0.1) is 17.2 Å². The van der Waals surface area contributed by atoms with Crippen LogP contribution in [0.4, 0.5) is 8.78 Å². The van der Waals surface area contributed by atoms with E-state index in [1.54, 1.807) is 17.2 Å². The van der Waals surface area contributed by atoms with Crippen molar-refractivity contribution in [3.63, 3.8) is 0 Å². The van der Waals surface area contributed by atoms with E-state index in [1.807, 2.05) is 0 Å². The first-order valence-electron chi connectivity index (χ1n) is 12.9. The highest BCUT2D eigenvalue weighted by atomic mass is 19.2. The third-order valence-corrected chi connectivity index (χ3v) is 7.95. The van der Waals surface area contributed by atoms with E-state index < -0.39 is 17.7 Å². The summed E-state index contributed by atoms with van der Waals surface area (Å²) in [6, 6.07) is 8.26. The minimum atomic E-state index is -1.02. The number of carbonyl (C=O) groups is 1. The number of aliphatic hydroxyl groups excluding tert-OH is 1. The molecule has 2 saturated heterocycles. The summed E-state index contributed by atoms with van der Waals surface area (Å²) in [5, 5.41) is 19.1. The maximum Gasteiger partial charge on any atom is 0.251 e. The number of nitrogens with zero attached hydrogens (tertiary/aromatic N) is 3. The smallest absolute Gasteiger partial charge is 0.251 e. The fraction of sp³-hybridized carbons (Fsp3) is 0.429. The van der Waals surface area contributed by atoms with Gasteiger partial charge in [-0.1, -0.05) is 0 Å². The van der Waals surface area contributed by atoms with Crippen molar-refractivity contribution in [1.29, 1.82) is 0 Å². The number of amides is 1. The molecule has 0 spiro atoms. The molecule has 4 aromatic rings. The summed E-state index contributed by atoms with van der Waals surface area (Å²) >= 11 is 0. The van der Waals surface area contributed by atoms with Gasteiger partial charge >= 0.3 is 0 Å². The molecule has 0 unspecified atom stereocenters. The molecule has 2 aromatic heterocycles. The van der Waals surface area contributed by atoms with E-state index in [4.69, 9.17) is 4.74 Å². The van der Waals surface area contributed by atoms with Gasteiger partial charge in [-0.3, -0.25) is 9.89 Å². The molecule has 37 heavy (non-hydrogen) atoms. The second-order valence-electron chi connectivity index (χ2n) is 10.2. The topological polar surface area (TPSA) is 83.4 Å². The maximum absolute atomic E-state index is 14.5. The Morgan fingerprint density at radius 2 is 1.84 bits per heavy atom. The number of halogens is 2. The first-order valence-corrected chi connectivity index (χ1v) is 12.9. The quantitative estimate of drug-likeness (QED) is 0.416. The highest BCUT2D eigenvalue weighted by molar-refractivity contribution is 5.99. The van der Waals surface area contributed by atoms with Crippen LogP contribution in [-0.2, 0) is 9.53 Å². The van der Waals surface area contributed by atoms with E-state index in [0.717, 1.165) is 53.2 Å². The Labute approximate surface area is 213 Å². The van der Waals surface area contributed by atoms with Gasteiger partial charge in [0, 0.05) is 60.4 Å². The number of likely N-dealkylation sites (tertiary alicyclic amines) is 1. The molecule has 7 nitrogen and oxygen atoms in total. The number of nitrogens with one attached hydrogen (secondary N) is 1. The van der Waals surface area contributed by atoms with Crippen LogP contribution >= 0.6 is 0 Å². The number of piperidine rings is 1. The van der Waals surface area contributed by atoms with Gasteiger partial charge in [0.2, 0.25) is 0 Å². The van der Waals surface area contributed by atoms with Crippen LogP contribution in [0.5, 0.6) is 0 Å². The second kappa shape index (κ2) is 9.54. The standard InChI is InChI=1S/C28H30F2N4O3/c1-16(35)28(36)33-8-4-17(5-9-33)26-21-14-24-19(15-31-32-24)12-25(21)34(20-2-3-22(29)23(30)13-20)27(26)18-6-10-37-11-7-18/h2-3,12-18,35H,4-11H2,1H3,(H,31,32)/t16-/m0/s1. The number of aromatic nitrogens is 3. The molecule has 2 aliphatic heterocycles. The Morgan fingerprint density at radius 1 is 1.08 bits per heavy atom. The van der Waals surface area contributed by atoms with Crippen molar-refractivity contribution in [1.82, 2.24) is 19.7 Å². The summed E-state index contributed by atoms with van der Waals surface area (Å²) in [6.07, 6.45) is 3.94. The number of fused-ring (bicyclic) bond motifs is 2. The number of hydrogen-bond donors (Lipinski definition) is 2. The predicted molar refractivity (Wildman–Crippen MR) is 136 cm³/mol. The third-order valence-electron chi connectivity index (χ3n) is 7.95. The molecule has 0 bridgehead atoms. The summed E-state index contributed by atoms with van der Waals surface area (Å²) in [7, 11) is 0. The Hall–Kier alpha value is -3.30. The fourth-order valence-electron chi connectivity index (χ4n) is 6.13. The van der Waals surface area contributed by atoms with Crippen LogP contribution in [0.25, 0.3) is 27.5 Å². The van der Waals surface area contributed by atoms with Crippen LogP contribution < -0.4 is 0 Å². The Kier molecular flexibility index (Phi) is 6.20. The van der Waals surface area contributed by atoms with Gasteiger partial charge in [-0.25, -0.2) is 8.78 Å². The number of aromatic amines is 1. The van der Waals surface area contributed by atoms with Crippen molar-refractivity contribution in [3.8, 4) is 5.69 Å². The van der Waals surface area contributed by atoms with Gasteiger partial charge in [0.1, 0.15) is 6.10 Å². The monoisotopic (exact) mass is 508 g/mol. The lowest BCUT2D eigenvalue weighted by Crippen LogP contribution is -2.42. The average molecular weight is 509 g/mol. The number of ether oxygens (including phenoxy) is 1. The average Bonchev–Trinajstić information content (AvgIpc) is 3.51. The summed E-state index contributed by atoms with van der Waals surface area (Å²) in [5.41, 5.74) is 4.74. The molecule has 1 atom stereocenters. The minimum absolute atomic E-state index is 0.172. The zero-order valence-electron chi connectivity index (χ0n) is 20.7. The molecule has 194 valence electrons. The van der Waals surface area contributed by atoms with E-state index >= 15 is 0 Å². The van der Waals surface area contributed by atoms with Crippen molar-refractivity contribution in [3.05, 3.63) is 59.4 Å². The summed E-state index contributed by atoms with van der Waals surface area (Å²) < 4.78 is 36.2. The van der Waals surface area contributed by atoms with Crippen LogP contribution in [0.2, 0.25) is 0 Å². The Morgan fingerprint density at radius 3 is 2.54 bits per heavy atom. The zero-order chi connectivity index (χ0) is 25.7. The molecule has 2 N–H and O–H groups in total. The van der Waals surface area contributed by atoms with Crippen LogP contribution in [0.1, 0.15) is 55.7 Å². The molecule has 1 amide bonds. The largest absolute Gasteiger partial charge is 0.384 e. The molecule has 0 radical (unpaired) electrons. The van der Waals surface area contributed by atoms with Gasteiger partial charge in [0.15, 0.2) is 11.6 Å². The summed E-state index contributed by atoms with van der Waals surface area (Å²) in [5.74, 6) is -1.64. The minimum Gasteiger partial charge on any atom is -0.384 e. The van der Waals surface area contributed by atoms with Crippen LogP contribution in [-0.4, -0.2) is 63.1 Å². The number of aliphatic hydroxyl groups is 1. The number of rotatable bonds is 4. The lowest BCUT2D eigenvalue weighted by Gasteiger charge is -2.34. The molecule has 0 saturated carbocycles. The lowest BCUT2D eigenvalue weighted by molar-refractivity contribution is -0.140. The fourth-order valence-corrected chi connectivity index (χ4v) is 6.13. The Bertz CT molecular complexity index is 1460. The van der Waals surface area contributed by atoms with Gasteiger partial charge in [-0.2, -0.15) is 5.10 Å². The number of benzene rings is 2. The predicted octanol–water partition coefficient (Wildman–Crippen LogP) is 4.77. The SMILES string of the molecule is C[C@H](O)C(=O)N1CCC(c2c(C3CCOCC3)n(-c3ccc(F)c(F)c3)c3cc4cn[nH]c4cc23)CC1. The van der Waals surface area contributed by atoms with Crippen LogP contribution in [0.3, 0.4) is 0 Å². The van der Waals surface area contributed by atoms with Gasteiger partial charge in [-0.15, -0.1) is 0 Å². The third kappa shape index (κ3) is 4.20. The second-order valence-corrected chi connectivity index (χ2v) is 10.2. The van der Waals surface area contributed by atoms with E-state index in [0.29, 0.717) is 32.0 Å². The summed E-state index contributed by atoms with van der Waals surface area (Å²) in [4.78, 5) is 14.1.